The monoisotopic (exact) mass is 252 g/mol. The van der Waals surface area contributed by atoms with E-state index in [0.717, 1.165) is 4.88 Å². The van der Waals surface area contributed by atoms with Gasteiger partial charge in [-0.1, -0.05) is 6.07 Å². The second-order valence-corrected chi connectivity index (χ2v) is 5.42. The van der Waals surface area contributed by atoms with Gasteiger partial charge in [-0.2, -0.15) is 0 Å². The van der Waals surface area contributed by atoms with E-state index in [1.165, 1.54) is 0 Å². The topological polar surface area (TPSA) is 49.4 Å². The van der Waals surface area contributed by atoms with E-state index in [1.54, 1.807) is 23.2 Å². The van der Waals surface area contributed by atoms with E-state index in [1.807, 2.05) is 24.4 Å². The molecule has 0 spiro atoms. The summed E-state index contributed by atoms with van der Waals surface area (Å²) >= 11 is 1.63. The van der Waals surface area contributed by atoms with E-state index >= 15 is 0 Å². The van der Waals surface area contributed by atoms with Crippen LogP contribution in [0.25, 0.3) is 0 Å². The SMILES string of the molecule is CC1NC(=O)CC(C)N(Cc2cccs2)C1=O. The van der Waals surface area contributed by atoms with Crippen LogP contribution in [0.5, 0.6) is 0 Å². The average Bonchev–Trinajstić information content (AvgIpc) is 2.73. The Morgan fingerprint density at radius 2 is 2.24 bits per heavy atom. The minimum atomic E-state index is -0.424. The summed E-state index contributed by atoms with van der Waals surface area (Å²) < 4.78 is 0. The zero-order valence-corrected chi connectivity index (χ0v) is 10.8. The maximum atomic E-state index is 12.1. The second-order valence-electron chi connectivity index (χ2n) is 4.39. The van der Waals surface area contributed by atoms with Crippen molar-refractivity contribution in [1.82, 2.24) is 10.2 Å². The molecule has 1 aliphatic heterocycles. The van der Waals surface area contributed by atoms with Crippen LogP contribution in [0.15, 0.2) is 17.5 Å². The van der Waals surface area contributed by atoms with Gasteiger partial charge in [0.2, 0.25) is 11.8 Å². The zero-order chi connectivity index (χ0) is 12.4. The van der Waals surface area contributed by atoms with Crippen LogP contribution in [0.4, 0.5) is 0 Å². The molecule has 2 rings (SSSR count). The number of hydrogen-bond donors (Lipinski definition) is 1. The Morgan fingerprint density at radius 1 is 1.47 bits per heavy atom. The van der Waals surface area contributed by atoms with Gasteiger partial charge in [-0.15, -0.1) is 11.3 Å². The van der Waals surface area contributed by atoms with Crippen LogP contribution < -0.4 is 5.32 Å². The van der Waals surface area contributed by atoms with Gasteiger partial charge in [-0.05, 0) is 25.3 Å². The van der Waals surface area contributed by atoms with Crippen molar-refractivity contribution in [2.75, 3.05) is 0 Å². The van der Waals surface area contributed by atoms with Gasteiger partial charge in [0.15, 0.2) is 0 Å². The Bertz CT molecular complexity index is 416. The smallest absolute Gasteiger partial charge is 0.245 e. The van der Waals surface area contributed by atoms with Gasteiger partial charge in [0.05, 0.1) is 6.54 Å². The van der Waals surface area contributed by atoms with Gasteiger partial charge in [0.1, 0.15) is 6.04 Å². The van der Waals surface area contributed by atoms with Crippen molar-refractivity contribution in [3.05, 3.63) is 22.4 Å². The molecule has 1 aromatic heterocycles. The molecule has 92 valence electrons. The Balaban J connectivity index is 2.17. The molecule has 17 heavy (non-hydrogen) atoms. The molecule has 5 heteroatoms. The summed E-state index contributed by atoms with van der Waals surface area (Å²) in [5.74, 6) is -0.0521. The van der Waals surface area contributed by atoms with Gasteiger partial charge < -0.3 is 10.2 Å². The molecule has 0 bridgehead atoms. The van der Waals surface area contributed by atoms with Crippen LogP contribution in [0.1, 0.15) is 25.1 Å². The van der Waals surface area contributed by atoms with E-state index in [0.29, 0.717) is 13.0 Å². The number of hydrogen-bond acceptors (Lipinski definition) is 3. The quantitative estimate of drug-likeness (QED) is 0.864. The fourth-order valence-corrected chi connectivity index (χ4v) is 2.71. The molecule has 1 aliphatic rings. The molecule has 1 N–H and O–H groups in total. The predicted molar refractivity (Wildman–Crippen MR) is 66.6 cm³/mol. The molecule has 0 aromatic carbocycles. The Labute approximate surface area is 105 Å². The van der Waals surface area contributed by atoms with Gasteiger partial charge >= 0.3 is 0 Å². The highest BCUT2D eigenvalue weighted by Crippen LogP contribution is 2.18. The Kier molecular flexibility index (Phi) is 3.47. The highest BCUT2D eigenvalue weighted by Gasteiger charge is 2.31. The summed E-state index contributed by atoms with van der Waals surface area (Å²) in [6, 6.07) is 3.51. The van der Waals surface area contributed by atoms with Crippen LogP contribution in [0.2, 0.25) is 0 Å². The summed E-state index contributed by atoms with van der Waals surface area (Å²) in [5.41, 5.74) is 0. The minimum absolute atomic E-state index is 0.00301. The molecule has 2 heterocycles. The van der Waals surface area contributed by atoms with E-state index in [2.05, 4.69) is 5.32 Å². The van der Waals surface area contributed by atoms with Crippen molar-refractivity contribution < 1.29 is 9.59 Å². The van der Waals surface area contributed by atoms with Gasteiger partial charge in [0.25, 0.3) is 0 Å². The van der Waals surface area contributed by atoms with Crippen molar-refractivity contribution in [3.63, 3.8) is 0 Å². The molecular weight excluding hydrogens is 236 g/mol. The van der Waals surface area contributed by atoms with E-state index in [9.17, 15) is 9.59 Å². The second kappa shape index (κ2) is 4.87. The van der Waals surface area contributed by atoms with Gasteiger partial charge in [-0.25, -0.2) is 0 Å². The van der Waals surface area contributed by atoms with Crippen LogP contribution >= 0.6 is 11.3 Å². The Morgan fingerprint density at radius 3 is 2.88 bits per heavy atom. The number of nitrogens with zero attached hydrogens (tertiary/aromatic N) is 1. The number of carbonyl (C=O) groups is 2. The van der Waals surface area contributed by atoms with E-state index in [-0.39, 0.29) is 17.9 Å². The molecule has 0 saturated carbocycles. The van der Waals surface area contributed by atoms with Crippen LogP contribution in [-0.4, -0.2) is 28.8 Å². The zero-order valence-electron chi connectivity index (χ0n) is 9.97. The standard InChI is InChI=1S/C12H16N2O2S/c1-8-6-11(15)13-9(2)12(16)14(8)7-10-4-3-5-17-10/h3-5,8-9H,6-7H2,1-2H3,(H,13,15). The third kappa shape index (κ3) is 2.66. The lowest BCUT2D eigenvalue weighted by Crippen LogP contribution is -2.44. The minimum Gasteiger partial charge on any atom is -0.345 e. The van der Waals surface area contributed by atoms with Crippen LogP contribution in [-0.2, 0) is 16.1 Å². The number of amides is 2. The fourth-order valence-electron chi connectivity index (χ4n) is 2.01. The normalized spacial score (nSPS) is 25.6. The highest BCUT2D eigenvalue weighted by atomic mass is 32.1. The summed E-state index contributed by atoms with van der Waals surface area (Å²) in [4.78, 5) is 26.6. The summed E-state index contributed by atoms with van der Waals surface area (Å²) in [6.07, 6.45) is 0.376. The molecule has 0 aliphatic carbocycles. The maximum Gasteiger partial charge on any atom is 0.245 e. The third-order valence-corrected chi connectivity index (χ3v) is 3.81. The third-order valence-electron chi connectivity index (χ3n) is 2.95. The average molecular weight is 252 g/mol. The molecule has 4 nitrogen and oxygen atoms in total. The van der Waals surface area contributed by atoms with Crippen LogP contribution in [0, 0.1) is 0 Å². The first-order valence-corrected chi connectivity index (χ1v) is 6.58. The first-order chi connectivity index (χ1) is 8.08. The molecule has 0 radical (unpaired) electrons. The first kappa shape index (κ1) is 12.1. The summed E-state index contributed by atoms with van der Waals surface area (Å²) in [7, 11) is 0. The number of carbonyl (C=O) groups excluding carboxylic acids is 2. The summed E-state index contributed by atoms with van der Waals surface area (Å²) in [6.45, 7) is 4.25. The van der Waals surface area contributed by atoms with Crippen molar-refractivity contribution in [3.8, 4) is 0 Å². The molecule has 2 atom stereocenters. The highest BCUT2D eigenvalue weighted by molar-refractivity contribution is 7.09. The molecule has 1 fully saturated rings. The largest absolute Gasteiger partial charge is 0.345 e. The number of nitrogens with one attached hydrogen (secondary N) is 1. The Hall–Kier alpha value is -1.36. The predicted octanol–water partition coefficient (Wildman–Crippen LogP) is 1.37. The lowest BCUT2D eigenvalue weighted by Gasteiger charge is -2.27. The molecule has 2 unspecified atom stereocenters. The van der Waals surface area contributed by atoms with Crippen molar-refractivity contribution in [1.29, 1.82) is 0 Å². The lowest BCUT2D eigenvalue weighted by molar-refractivity contribution is -0.135. The van der Waals surface area contributed by atoms with Crippen molar-refractivity contribution in [2.45, 2.75) is 38.9 Å². The number of rotatable bonds is 2. The molecule has 1 saturated heterocycles. The lowest BCUT2D eigenvalue weighted by atomic mass is 10.2. The van der Waals surface area contributed by atoms with Crippen LogP contribution in [0.3, 0.4) is 0 Å². The first-order valence-electron chi connectivity index (χ1n) is 5.70. The van der Waals surface area contributed by atoms with E-state index in [4.69, 9.17) is 0 Å². The molecule has 1 aromatic rings. The summed E-state index contributed by atoms with van der Waals surface area (Å²) in [5, 5.41) is 4.70. The van der Waals surface area contributed by atoms with Crippen molar-refractivity contribution >= 4 is 23.2 Å². The maximum absolute atomic E-state index is 12.1. The molecule has 2 amide bonds. The van der Waals surface area contributed by atoms with Gasteiger partial charge in [-0.3, -0.25) is 9.59 Å². The van der Waals surface area contributed by atoms with Gasteiger partial charge in [0, 0.05) is 17.3 Å². The van der Waals surface area contributed by atoms with E-state index < -0.39 is 6.04 Å². The molecular formula is C12H16N2O2S. The fraction of sp³-hybridized carbons (Fsp3) is 0.500. The van der Waals surface area contributed by atoms with Crippen molar-refractivity contribution in [2.24, 2.45) is 0 Å². The number of thiophene rings is 1.